The molecular formula is C11H25N3O3. The Balaban J connectivity index is 4.30. The molecule has 0 saturated heterocycles. The second-order valence-corrected chi connectivity index (χ2v) is 4.20. The van der Waals surface area contributed by atoms with E-state index in [2.05, 4.69) is 17.2 Å². The summed E-state index contributed by atoms with van der Waals surface area (Å²) in [7, 11) is 3.33. The lowest BCUT2D eigenvalue weighted by Gasteiger charge is -2.30. The topological polar surface area (TPSA) is 76.8 Å². The van der Waals surface area contributed by atoms with Crippen LogP contribution in [0.25, 0.3) is 0 Å². The van der Waals surface area contributed by atoms with Gasteiger partial charge in [-0.15, -0.1) is 0 Å². The summed E-state index contributed by atoms with van der Waals surface area (Å²) in [5.41, 5.74) is 2.17. The fraction of sp³-hybridized carbons (Fsp3) is 0.909. The van der Waals surface area contributed by atoms with Gasteiger partial charge in [-0.25, -0.2) is 5.84 Å². The molecule has 0 aliphatic carbocycles. The van der Waals surface area contributed by atoms with Crippen LogP contribution in [-0.4, -0.2) is 57.4 Å². The van der Waals surface area contributed by atoms with Crippen molar-refractivity contribution in [2.24, 2.45) is 11.8 Å². The van der Waals surface area contributed by atoms with Crippen molar-refractivity contribution in [3.63, 3.8) is 0 Å². The Morgan fingerprint density at radius 1 is 1.35 bits per heavy atom. The largest absolute Gasteiger partial charge is 0.383 e. The maximum atomic E-state index is 11.4. The van der Waals surface area contributed by atoms with Crippen LogP contribution in [-0.2, 0) is 14.3 Å². The van der Waals surface area contributed by atoms with Crippen LogP contribution in [0.15, 0.2) is 0 Å². The minimum absolute atomic E-state index is 0.156. The van der Waals surface area contributed by atoms with Gasteiger partial charge in [0, 0.05) is 39.3 Å². The molecule has 0 heterocycles. The molecule has 0 aliphatic rings. The summed E-state index contributed by atoms with van der Waals surface area (Å²) in [6.07, 6.45) is 0. The summed E-state index contributed by atoms with van der Waals surface area (Å²) in [4.78, 5) is 13.5. The van der Waals surface area contributed by atoms with Gasteiger partial charge >= 0.3 is 0 Å². The summed E-state index contributed by atoms with van der Waals surface area (Å²) in [6, 6.07) is 0.239. The number of carbonyl (C=O) groups excluding carboxylic acids is 1. The van der Waals surface area contributed by atoms with E-state index in [4.69, 9.17) is 15.3 Å². The van der Waals surface area contributed by atoms with Gasteiger partial charge in [0.2, 0.25) is 5.91 Å². The second kappa shape index (κ2) is 9.35. The summed E-state index contributed by atoms with van der Waals surface area (Å²) in [6.45, 7) is 6.57. The van der Waals surface area contributed by atoms with Crippen LogP contribution in [0.4, 0.5) is 0 Å². The Morgan fingerprint density at radius 3 is 2.47 bits per heavy atom. The third-order valence-electron chi connectivity index (χ3n) is 2.71. The maximum Gasteiger partial charge on any atom is 0.237 e. The van der Waals surface area contributed by atoms with Gasteiger partial charge in [0.15, 0.2) is 0 Å². The number of methoxy groups -OCH3 is 2. The zero-order valence-electron chi connectivity index (χ0n) is 11.2. The first kappa shape index (κ1) is 16.3. The van der Waals surface area contributed by atoms with Gasteiger partial charge in [-0.1, -0.05) is 6.92 Å². The summed E-state index contributed by atoms with van der Waals surface area (Å²) < 4.78 is 10.2. The van der Waals surface area contributed by atoms with Crippen molar-refractivity contribution < 1.29 is 14.3 Å². The minimum Gasteiger partial charge on any atom is -0.383 e. The van der Waals surface area contributed by atoms with E-state index in [1.54, 1.807) is 14.2 Å². The van der Waals surface area contributed by atoms with Gasteiger partial charge in [-0.3, -0.25) is 15.1 Å². The fourth-order valence-corrected chi connectivity index (χ4v) is 1.62. The Kier molecular flexibility index (Phi) is 8.97. The Labute approximate surface area is 103 Å². The van der Waals surface area contributed by atoms with Crippen LogP contribution in [0.5, 0.6) is 0 Å². The SMILES string of the molecule is COCCN(CC(C)C(=O)NN)C(C)COC. The van der Waals surface area contributed by atoms with E-state index in [1.165, 1.54) is 0 Å². The van der Waals surface area contributed by atoms with Crippen LogP contribution in [0, 0.1) is 5.92 Å². The van der Waals surface area contributed by atoms with E-state index in [-0.39, 0.29) is 17.9 Å². The van der Waals surface area contributed by atoms with Gasteiger partial charge in [0.25, 0.3) is 0 Å². The number of hydrogen-bond donors (Lipinski definition) is 2. The van der Waals surface area contributed by atoms with Crippen LogP contribution in [0.3, 0.4) is 0 Å². The minimum atomic E-state index is -0.156. The molecule has 6 heteroatoms. The van der Waals surface area contributed by atoms with Gasteiger partial charge in [-0.2, -0.15) is 0 Å². The first-order chi connectivity index (χ1) is 8.06. The van der Waals surface area contributed by atoms with E-state index in [9.17, 15) is 4.79 Å². The van der Waals surface area contributed by atoms with E-state index in [0.29, 0.717) is 19.8 Å². The highest BCUT2D eigenvalue weighted by Crippen LogP contribution is 2.05. The molecule has 0 spiro atoms. The molecule has 102 valence electrons. The molecule has 0 rings (SSSR count). The number of amides is 1. The Hall–Kier alpha value is -0.690. The quantitative estimate of drug-likeness (QED) is 0.329. The molecule has 0 aromatic carbocycles. The molecule has 2 atom stereocenters. The lowest BCUT2D eigenvalue weighted by atomic mass is 10.1. The molecule has 0 saturated carbocycles. The molecule has 6 nitrogen and oxygen atoms in total. The van der Waals surface area contributed by atoms with Crippen LogP contribution in [0.2, 0.25) is 0 Å². The number of hydrazine groups is 1. The number of nitrogens with zero attached hydrogens (tertiary/aromatic N) is 1. The van der Waals surface area contributed by atoms with Gasteiger partial charge < -0.3 is 9.47 Å². The molecule has 0 aliphatic heterocycles. The van der Waals surface area contributed by atoms with E-state index >= 15 is 0 Å². The molecule has 0 aromatic heterocycles. The Bertz CT molecular complexity index is 214. The number of hydrogen-bond acceptors (Lipinski definition) is 5. The zero-order valence-corrected chi connectivity index (χ0v) is 11.2. The highest BCUT2D eigenvalue weighted by molar-refractivity contribution is 5.77. The van der Waals surface area contributed by atoms with Crippen molar-refractivity contribution in [3.8, 4) is 0 Å². The standard InChI is InChI=1S/C11H25N3O3/c1-9(11(15)13-12)7-14(5-6-16-3)10(2)8-17-4/h9-10H,5-8,12H2,1-4H3,(H,13,15). The smallest absolute Gasteiger partial charge is 0.237 e. The predicted octanol–water partition coefficient (Wildman–Crippen LogP) is -0.404. The number of nitrogens with two attached hydrogens (primary N) is 1. The molecule has 0 aromatic rings. The van der Waals surface area contributed by atoms with Crippen molar-refractivity contribution >= 4 is 5.91 Å². The normalized spacial score (nSPS) is 14.7. The molecule has 0 radical (unpaired) electrons. The zero-order chi connectivity index (χ0) is 13.3. The first-order valence-electron chi connectivity index (χ1n) is 5.79. The first-order valence-corrected chi connectivity index (χ1v) is 5.79. The summed E-state index contributed by atoms with van der Waals surface area (Å²) in [5, 5.41) is 0. The van der Waals surface area contributed by atoms with E-state index < -0.39 is 0 Å². The lowest BCUT2D eigenvalue weighted by molar-refractivity contribution is -0.125. The molecule has 0 bridgehead atoms. The van der Waals surface area contributed by atoms with Gasteiger partial charge in [-0.05, 0) is 6.92 Å². The molecule has 1 amide bonds. The third kappa shape index (κ3) is 6.58. The highest BCUT2D eigenvalue weighted by atomic mass is 16.5. The number of carbonyl (C=O) groups is 1. The fourth-order valence-electron chi connectivity index (χ4n) is 1.62. The summed E-state index contributed by atoms with van der Waals surface area (Å²) >= 11 is 0. The van der Waals surface area contributed by atoms with Crippen molar-refractivity contribution in [1.82, 2.24) is 10.3 Å². The van der Waals surface area contributed by atoms with Gasteiger partial charge in [0.05, 0.1) is 13.2 Å². The van der Waals surface area contributed by atoms with Crippen molar-refractivity contribution in [2.75, 3.05) is 40.5 Å². The van der Waals surface area contributed by atoms with Crippen molar-refractivity contribution in [1.29, 1.82) is 0 Å². The van der Waals surface area contributed by atoms with Crippen LogP contribution < -0.4 is 11.3 Å². The molecular weight excluding hydrogens is 222 g/mol. The third-order valence-corrected chi connectivity index (χ3v) is 2.71. The molecule has 3 N–H and O–H groups in total. The van der Waals surface area contributed by atoms with E-state index in [0.717, 1.165) is 6.54 Å². The molecule has 0 fully saturated rings. The lowest BCUT2D eigenvalue weighted by Crippen LogP contribution is -2.45. The highest BCUT2D eigenvalue weighted by Gasteiger charge is 2.20. The van der Waals surface area contributed by atoms with Crippen LogP contribution >= 0.6 is 0 Å². The molecule has 17 heavy (non-hydrogen) atoms. The monoisotopic (exact) mass is 247 g/mol. The van der Waals surface area contributed by atoms with Crippen LogP contribution in [0.1, 0.15) is 13.8 Å². The number of nitrogens with one attached hydrogen (secondary N) is 1. The van der Waals surface area contributed by atoms with Crippen molar-refractivity contribution in [3.05, 3.63) is 0 Å². The predicted molar refractivity (Wildman–Crippen MR) is 66.3 cm³/mol. The van der Waals surface area contributed by atoms with E-state index in [1.807, 2.05) is 6.92 Å². The number of ether oxygens (including phenoxy) is 2. The second-order valence-electron chi connectivity index (χ2n) is 4.20. The average Bonchev–Trinajstić information content (AvgIpc) is 2.33. The number of rotatable bonds is 9. The maximum absolute atomic E-state index is 11.4. The van der Waals surface area contributed by atoms with Crippen molar-refractivity contribution in [2.45, 2.75) is 19.9 Å². The Morgan fingerprint density at radius 2 is 2.00 bits per heavy atom. The summed E-state index contributed by atoms with van der Waals surface area (Å²) in [5.74, 6) is 4.80. The average molecular weight is 247 g/mol. The van der Waals surface area contributed by atoms with Gasteiger partial charge in [0.1, 0.15) is 0 Å². The molecule has 2 unspecified atom stereocenters.